The summed E-state index contributed by atoms with van der Waals surface area (Å²) in [6, 6.07) is 4.85. The van der Waals surface area contributed by atoms with Crippen LogP contribution in [0.5, 0.6) is 11.5 Å². The van der Waals surface area contributed by atoms with Crippen LogP contribution in [0.4, 0.5) is 0 Å². The minimum Gasteiger partial charge on any atom is -0.428 e. The van der Waals surface area contributed by atoms with E-state index in [1.165, 1.54) is 0 Å². The van der Waals surface area contributed by atoms with Crippen LogP contribution in [0.15, 0.2) is 18.2 Å². The number of carbonyl (C=O) groups is 1. The molecule has 0 spiro atoms. The van der Waals surface area contributed by atoms with E-state index in [9.17, 15) is 4.79 Å². The minimum atomic E-state index is -1.28. The molecular weight excluding hydrogens is 221 g/mol. The van der Waals surface area contributed by atoms with Gasteiger partial charge in [-0.25, -0.2) is 0 Å². The third-order valence-corrected chi connectivity index (χ3v) is 2.85. The number of carbonyl (C=O) groups excluding carboxylic acids is 1. The number of ether oxygens (including phenoxy) is 2. The Kier molecular flexibility index (Phi) is 2.85. The van der Waals surface area contributed by atoms with E-state index in [-0.39, 0.29) is 5.78 Å². The monoisotopic (exact) mass is 235 g/mol. The van der Waals surface area contributed by atoms with Crippen molar-refractivity contribution in [2.75, 3.05) is 7.05 Å². The summed E-state index contributed by atoms with van der Waals surface area (Å²) >= 11 is 0. The van der Waals surface area contributed by atoms with E-state index < -0.39 is 11.9 Å². The van der Waals surface area contributed by atoms with Crippen LogP contribution in [-0.2, 0) is 0 Å². The first kappa shape index (κ1) is 11.9. The number of fused-ring (bicyclic) bond motifs is 1. The summed E-state index contributed by atoms with van der Waals surface area (Å²) in [6.45, 7) is 0.516. The average molecular weight is 235 g/mol. The summed E-state index contributed by atoms with van der Waals surface area (Å²) in [5.74, 6) is 0.777. The second kappa shape index (κ2) is 4.05. The highest BCUT2D eigenvalue weighted by Crippen LogP contribution is 2.35. The van der Waals surface area contributed by atoms with Gasteiger partial charge < -0.3 is 19.9 Å². The molecule has 5 nitrogen and oxygen atoms in total. The van der Waals surface area contributed by atoms with Crippen molar-refractivity contribution in [2.24, 2.45) is 0 Å². The van der Waals surface area contributed by atoms with Crippen LogP contribution in [0, 0.1) is 0 Å². The first-order chi connectivity index (χ1) is 7.94. The number of likely N-dealkylation sites (N-methyl/N-ethyl adjacent to an activating group) is 1. The molecule has 0 amide bonds. The molecule has 0 aromatic heterocycles. The topological polar surface area (TPSA) is 67.8 Å². The Balaban J connectivity index is 2.31. The molecule has 1 aliphatic heterocycles. The van der Waals surface area contributed by atoms with Crippen LogP contribution in [0.3, 0.4) is 0 Å². The maximum absolute atomic E-state index is 12.2. The van der Waals surface area contributed by atoms with Gasteiger partial charge in [0.1, 0.15) is 7.85 Å². The zero-order chi connectivity index (χ0) is 12.6. The van der Waals surface area contributed by atoms with Crippen LogP contribution >= 0.6 is 0 Å². The number of benzene rings is 1. The Morgan fingerprint density at radius 1 is 1.47 bits per heavy atom. The Bertz CT molecular complexity index is 461. The van der Waals surface area contributed by atoms with Gasteiger partial charge in [0.05, 0.1) is 0 Å². The second-order valence-electron chi connectivity index (χ2n) is 4.41. The van der Waals surface area contributed by atoms with Crippen molar-refractivity contribution >= 4 is 13.6 Å². The molecule has 1 aromatic carbocycles. The lowest BCUT2D eigenvalue weighted by Crippen LogP contribution is -2.48. The highest BCUT2D eigenvalue weighted by molar-refractivity contribution is 6.32. The van der Waals surface area contributed by atoms with Gasteiger partial charge >= 0.3 is 6.48 Å². The minimum absolute atomic E-state index is 0.0483. The fraction of sp³-hybridized carbons (Fsp3) is 0.364. The first-order valence-electron chi connectivity index (χ1n) is 5.33. The van der Waals surface area contributed by atoms with Crippen molar-refractivity contribution in [1.29, 1.82) is 0 Å². The summed E-state index contributed by atoms with van der Waals surface area (Å²) in [6.07, 6.45) is 0. The number of rotatable bonds is 3. The number of ketones is 1. The molecule has 0 fully saturated rings. The van der Waals surface area contributed by atoms with Gasteiger partial charge in [-0.15, -0.1) is 0 Å². The summed E-state index contributed by atoms with van der Waals surface area (Å²) in [7, 11) is 3.53. The van der Waals surface area contributed by atoms with Crippen LogP contribution in [-0.4, -0.2) is 37.7 Å². The lowest BCUT2D eigenvalue weighted by Gasteiger charge is -2.22. The summed E-state index contributed by atoms with van der Waals surface area (Å²) < 4.78 is 9.96. The number of aliphatic hydroxyl groups excluding tert-OH is 1. The fourth-order valence-electron chi connectivity index (χ4n) is 1.55. The number of aliphatic hydroxyl groups is 1. The van der Waals surface area contributed by atoms with Crippen LogP contribution < -0.4 is 14.8 Å². The molecule has 17 heavy (non-hydrogen) atoms. The highest BCUT2D eigenvalue weighted by atomic mass is 16.8. The van der Waals surface area contributed by atoms with E-state index in [1.54, 1.807) is 40.0 Å². The van der Waals surface area contributed by atoms with E-state index in [0.29, 0.717) is 17.1 Å². The maximum atomic E-state index is 12.2. The van der Waals surface area contributed by atoms with E-state index in [4.69, 9.17) is 14.6 Å². The van der Waals surface area contributed by atoms with Gasteiger partial charge in [0.25, 0.3) is 0 Å². The molecule has 1 aromatic rings. The molecule has 0 radical (unpaired) electrons. The normalized spacial score (nSPS) is 21.0. The molecule has 1 unspecified atom stereocenters. The zero-order valence-electron chi connectivity index (χ0n) is 9.98. The molecule has 1 aliphatic rings. The van der Waals surface area contributed by atoms with Gasteiger partial charge in [-0.05, 0) is 32.2 Å². The summed E-state index contributed by atoms with van der Waals surface area (Å²) in [5, 5.41) is 12.1. The molecule has 6 heteroatoms. The van der Waals surface area contributed by atoms with Gasteiger partial charge in [0, 0.05) is 11.0 Å². The molecule has 2 rings (SSSR count). The first-order valence-corrected chi connectivity index (χ1v) is 5.33. The van der Waals surface area contributed by atoms with Crippen molar-refractivity contribution in [3.05, 3.63) is 23.8 Å². The van der Waals surface area contributed by atoms with Crippen molar-refractivity contribution in [2.45, 2.75) is 18.8 Å². The Hall–Kier alpha value is -1.53. The molecule has 2 atom stereocenters. The predicted octanol–water partition coefficient (Wildman–Crippen LogP) is -0.515. The summed E-state index contributed by atoms with van der Waals surface area (Å²) in [5.41, 5.74) is -0.132. The molecule has 90 valence electrons. The predicted molar refractivity (Wildman–Crippen MR) is 64.0 cm³/mol. The van der Waals surface area contributed by atoms with Gasteiger partial charge in [0.15, 0.2) is 17.3 Å². The van der Waals surface area contributed by atoms with Crippen LogP contribution in [0.2, 0.25) is 0 Å². The quantitative estimate of drug-likeness (QED) is 0.545. The number of hydrogen-bond acceptors (Lipinski definition) is 5. The van der Waals surface area contributed by atoms with Gasteiger partial charge in [-0.2, -0.15) is 0 Å². The van der Waals surface area contributed by atoms with Crippen molar-refractivity contribution in [3.63, 3.8) is 0 Å². The number of Topliss-reactive ketones (excluding diaryl/α,β-unsaturated/α-hetero) is 1. The van der Waals surface area contributed by atoms with E-state index in [2.05, 4.69) is 5.32 Å². The van der Waals surface area contributed by atoms with Gasteiger partial charge in [0.2, 0.25) is 0 Å². The van der Waals surface area contributed by atoms with Crippen LogP contribution in [0.1, 0.15) is 17.3 Å². The standard InChI is InChI=1S/C11H14BNO4/c1-11(12,13-2)9(14)6-3-4-7-8(5-6)17-10(15)16-7/h3-5,10,13,15H,12H2,1-2H3/t10?,11-/m0/s1. The largest absolute Gasteiger partial charge is 0.428 e. The third-order valence-electron chi connectivity index (χ3n) is 2.85. The molecule has 0 saturated heterocycles. The van der Waals surface area contributed by atoms with E-state index in [0.717, 1.165) is 0 Å². The smallest absolute Gasteiger partial charge is 0.358 e. The van der Waals surface area contributed by atoms with Crippen molar-refractivity contribution in [3.8, 4) is 11.5 Å². The molecule has 0 bridgehead atoms. The van der Waals surface area contributed by atoms with Crippen LogP contribution in [0.25, 0.3) is 0 Å². The Labute approximate surface area is 100 Å². The van der Waals surface area contributed by atoms with E-state index in [1.807, 2.05) is 0 Å². The lowest BCUT2D eigenvalue weighted by atomic mass is 9.74. The molecule has 2 N–H and O–H groups in total. The molecule has 1 heterocycles. The number of nitrogens with one attached hydrogen (secondary N) is 1. The third kappa shape index (κ3) is 2.14. The molecular formula is C11H14BNO4. The maximum Gasteiger partial charge on any atom is 0.358 e. The Morgan fingerprint density at radius 3 is 2.76 bits per heavy atom. The molecule has 0 saturated carbocycles. The average Bonchev–Trinajstić information content (AvgIpc) is 2.66. The molecule has 0 aliphatic carbocycles. The second-order valence-corrected chi connectivity index (χ2v) is 4.41. The summed E-state index contributed by atoms with van der Waals surface area (Å²) in [4.78, 5) is 12.2. The van der Waals surface area contributed by atoms with E-state index >= 15 is 0 Å². The lowest BCUT2D eigenvalue weighted by molar-refractivity contribution is -0.133. The van der Waals surface area contributed by atoms with Gasteiger partial charge in [-0.3, -0.25) is 4.79 Å². The fourth-order valence-corrected chi connectivity index (χ4v) is 1.55. The van der Waals surface area contributed by atoms with Gasteiger partial charge in [-0.1, -0.05) is 0 Å². The highest BCUT2D eigenvalue weighted by Gasteiger charge is 2.29. The van der Waals surface area contributed by atoms with Crippen molar-refractivity contribution < 1.29 is 19.4 Å². The SMILES string of the molecule is B[C@@](C)(NC)C(=O)c1ccc2c(c1)OC(O)O2. The number of hydrogen-bond donors (Lipinski definition) is 2. The Morgan fingerprint density at radius 2 is 2.12 bits per heavy atom. The van der Waals surface area contributed by atoms with Crippen molar-refractivity contribution in [1.82, 2.24) is 5.32 Å². The zero-order valence-corrected chi connectivity index (χ0v) is 9.98.